The molecule has 0 N–H and O–H groups in total. The van der Waals surface area contributed by atoms with Gasteiger partial charge in [0, 0.05) is 17.8 Å². The van der Waals surface area contributed by atoms with Gasteiger partial charge in [-0.25, -0.2) is 0 Å². The fourth-order valence-electron chi connectivity index (χ4n) is 1.25. The van der Waals surface area contributed by atoms with Gasteiger partial charge in [-0.05, 0) is 11.1 Å². The van der Waals surface area contributed by atoms with Crippen LogP contribution >= 0.6 is 0 Å². The maximum absolute atomic E-state index is 4.22. The van der Waals surface area contributed by atoms with E-state index in [0.29, 0.717) is 0 Å². The van der Waals surface area contributed by atoms with Gasteiger partial charge in [-0.2, -0.15) is 0 Å². The van der Waals surface area contributed by atoms with Gasteiger partial charge in [0.15, 0.2) is 0 Å². The Kier molecular flexibility index (Phi) is 2.66. The summed E-state index contributed by atoms with van der Waals surface area (Å²) in [5, 5.41) is 0. The highest BCUT2D eigenvalue weighted by atomic mass is 14.7. The second kappa shape index (κ2) is 3.56. The van der Waals surface area contributed by atoms with Crippen molar-refractivity contribution in [3.8, 4) is 0 Å². The molecular weight excluding hydrogens is 158 g/mol. The molecule has 0 amide bonds. The topological polar surface area (TPSA) is 12.4 Å². The van der Waals surface area contributed by atoms with Crippen LogP contribution in [0.1, 0.15) is 13.8 Å². The maximum atomic E-state index is 4.22. The smallest absolute Gasteiger partial charge is 0.0342 e. The van der Waals surface area contributed by atoms with E-state index in [2.05, 4.69) is 38.1 Å². The van der Waals surface area contributed by atoms with Crippen molar-refractivity contribution in [2.75, 3.05) is 0 Å². The molecule has 0 aromatic rings. The Morgan fingerprint density at radius 1 is 1.23 bits per heavy atom. The van der Waals surface area contributed by atoms with E-state index in [-0.39, 0.29) is 5.41 Å². The minimum Gasteiger partial charge on any atom is -0.268 e. The molecule has 0 aliphatic carbocycles. The van der Waals surface area contributed by atoms with E-state index in [1.165, 1.54) is 0 Å². The Morgan fingerprint density at radius 3 is 2.38 bits per heavy atom. The van der Waals surface area contributed by atoms with Gasteiger partial charge in [0.05, 0.1) is 0 Å². The van der Waals surface area contributed by atoms with Crippen LogP contribution in [0, 0.1) is 5.41 Å². The van der Waals surface area contributed by atoms with Gasteiger partial charge in [-0.1, -0.05) is 45.2 Å². The fraction of sp³-hybridized carbons (Fsp3) is 0.250. The molecule has 13 heavy (non-hydrogen) atoms. The molecule has 0 saturated heterocycles. The molecule has 0 unspecified atom stereocenters. The minimum absolute atomic E-state index is 0.00914. The van der Waals surface area contributed by atoms with Crippen LogP contribution in [0.25, 0.3) is 0 Å². The van der Waals surface area contributed by atoms with E-state index in [1.807, 2.05) is 18.5 Å². The summed E-state index contributed by atoms with van der Waals surface area (Å²) < 4.78 is 0. The number of allylic oxidation sites excluding steroid dienone is 5. The molecule has 0 saturated carbocycles. The van der Waals surface area contributed by atoms with Gasteiger partial charge in [-0.3, -0.25) is 4.99 Å². The Morgan fingerprint density at radius 2 is 1.85 bits per heavy atom. The zero-order valence-electron chi connectivity index (χ0n) is 8.25. The maximum Gasteiger partial charge on any atom is 0.0342 e. The molecule has 0 atom stereocenters. The van der Waals surface area contributed by atoms with Crippen molar-refractivity contribution in [2.45, 2.75) is 13.8 Å². The summed E-state index contributed by atoms with van der Waals surface area (Å²) in [6.45, 7) is 11.7. The van der Waals surface area contributed by atoms with Crippen molar-refractivity contribution in [1.29, 1.82) is 0 Å². The zero-order valence-corrected chi connectivity index (χ0v) is 8.25. The van der Waals surface area contributed by atoms with Gasteiger partial charge < -0.3 is 0 Å². The van der Waals surface area contributed by atoms with Crippen molar-refractivity contribution < 1.29 is 0 Å². The summed E-state index contributed by atoms with van der Waals surface area (Å²) in [6.07, 6.45) is 9.52. The van der Waals surface area contributed by atoms with Crippen molar-refractivity contribution in [1.82, 2.24) is 0 Å². The quantitative estimate of drug-likeness (QED) is 0.607. The second-order valence-electron chi connectivity index (χ2n) is 3.69. The van der Waals surface area contributed by atoms with Crippen LogP contribution in [0.2, 0.25) is 0 Å². The molecule has 1 nitrogen and oxygen atoms in total. The van der Waals surface area contributed by atoms with E-state index in [9.17, 15) is 0 Å². The number of rotatable bonds is 2. The van der Waals surface area contributed by atoms with Crippen LogP contribution < -0.4 is 0 Å². The van der Waals surface area contributed by atoms with E-state index >= 15 is 0 Å². The van der Waals surface area contributed by atoms with Crippen LogP contribution in [0.15, 0.2) is 53.7 Å². The average molecular weight is 173 g/mol. The normalized spacial score (nSPS) is 19.8. The predicted molar refractivity (Wildman–Crippen MR) is 58.8 cm³/mol. The summed E-state index contributed by atoms with van der Waals surface area (Å²) in [5.74, 6) is 0. The van der Waals surface area contributed by atoms with Gasteiger partial charge in [-0.15, -0.1) is 0 Å². The molecule has 1 heterocycles. The fourth-order valence-corrected chi connectivity index (χ4v) is 1.25. The third-order valence-corrected chi connectivity index (χ3v) is 1.92. The summed E-state index contributed by atoms with van der Waals surface area (Å²) in [5.41, 5.74) is 2.11. The summed E-state index contributed by atoms with van der Waals surface area (Å²) in [4.78, 5) is 4.22. The van der Waals surface area contributed by atoms with E-state index in [0.717, 1.165) is 11.1 Å². The number of hydrogen-bond acceptors (Lipinski definition) is 1. The summed E-state index contributed by atoms with van der Waals surface area (Å²) in [6, 6.07) is 0. The van der Waals surface area contributed by atoms with Gasteiger partial charge in [0.1, 0.15) is 0 Å². The zero-order chi connectivity index (χ0) is 9.90. The molecule has 0 aromatic heterocycles. The SMILES string of the molecule is C=CC1=CN=CC(C)(C)C=C1C=C. The highest BCUT2D eigenvalue weighted by molar-refractivity contribution is 5.71. The van der Waals surface area contributed by atoms with Crippen LogP contribution in [0.3, 0.4) is 0 Å². The Hall–Kier alpha value is -1.37. The van der Waals surface area contributed by atoms with E-state index in [1.54, 1.807) is 6.08 Å². The first-order valence-electron chi connectivity index (χ1n) is 4.31. The number of nitrogens with zero attached hydrogens (tertiary/aromatic N) is 1. The molecule has 1 rings (SSSR count). The van der Waals surface area contributed by atoms with Crippen LogP contribution in [0.5, 0.6) is 0 Å². The third-order valence-electron chi connectivity index (χ3n) is 1.92. The predicted octanol–water partition coefficient (Wildman–Crippen LogP) is 3.28. The lowest BCUT2D eigenvalue weighted by Gasteiger charge is -2.13. The molecule has 0 radical (unpaired) electrons. The molecule has 1 aliphatic rings. The highest BCUT2D eigenvalue weighted by Gasteiger charge is 2.14. The lowest BCUT2D eigenvalue weighted by Crippen LogP contribution is -2.08. The molecule has 0 aromatic carbocycles. The van der Waals surface area contributed by atoms with Gasteiger partial charge in [0.25, 0.3) is 0 Å². The standard InChI is InChI=1S/C12H15N/c1-5-10-7-12(3,4)9-13-8-11(10)6-2/h5-9H,1-2H2,3-4H3. The average Bonchev–Trinajstić information content (AvgIpc) is 2.22. The molecule has 0 spiro atoms. The van der Waals surface area contributed by atoms with E-state index in [4.69, 9.17) is 0 Å². The van der Waals surface area contributed by atoms with Crippen LogP contribution in [0.4, 0.5) is 0 Å². The first kappa shape index (κ1) is 9.72. The van der Waals surface area contributed by atoms with Crippen molar-refractivity contribution in [3.63, 3.8) is 0 Å². The minimum atomic E-state index is -0.00914. The Balaban J connectivity index is 3.18. The first-order valence-corrected chi connectivity index (χ1v) is 4.31. The lowest BCUT2D eigenvalue weighted by molar-refractivity contribution is 0.692. The second-order valence-corrected chi connectivity index (χ2v) is 3.69. The van der Waals surface area contributed by atoms with Crippen LogP contribution in [-0.4, -0.2) is 6.21 Å². The molecule has 0 bridgehead atoms. The molecule has 1 aliphatic heterocycles. The molecule has 68 valence electrons. The lowest BCUT2D eigenvalue weighted by atomic mass is 9.91. The van der Waals surface area contributed by atoms with Gasteiger partial charge in [0.2, 0.25) is 0 Å². The third kappa shape index (κ3) is 2.28. The Bertz CT molecular complexity index is 314. The monoisotopic (exact) mass is 173 g/mol. The van der Waals surface area contributed by atoms with Crippen molar-refractivity contribution in [3.05, 3.63) is 48.7 Å². The summed E-state index contributed by atoms with van der Waals surface area (Å²) >= 11 is 0. The molecule has 1 heteroatoms. The Labute approximate surface area is 79.9 Å². The van der Waals surface area contributed by atoms with Crippen molar-refractivity contribution in [2.24, 2.45) is 10.4 Å². The van der Waals surface area contributed by atoms with E-state index < -0.39 is 0 Å². The van der Waals surface area contributed by atoms with Crippen molar-refractivity contribution >= 4 is 6.21 Å². The van der Waals surface area contributed by atoms with Crippen LogP contribution in [-0.2, 0) is 0 Å². The largest absolute Gasteiger partial charge is 0.268 e. The van der Waals surface area contributed by atoms with Gasteiger partial charge >= 0.3 is 0 Å². The number of hydrogen-bond donors (Lipinski definition) is 0. The molecular formula is C12H15N. The first-order chi connectivity index (χ1) is 6.09. The molecule has 0 fully saturated rings. The summed E-state index contributed by atoms with van der Waals surface area (Å²) in [7, 11) is 0. The highest BCUT2D eigenvalue weighted by Crippen LogP contribution is 2.24. The number of aliphatic imine (C=N–C) groups is 1.